The molecule has 0 amide bonds. The van der Waals surface area contributed by atoms with Crippen molar-refractivity contribution in [2.75, 3.05) is 18.0 Å². The third-order valence-electron chi connectivity index (χ3n) is 4.06. The first-order chi connectivity index (χ1) is 8.75. The summed E-state index contributed by atoms with van der Waals surface area (Å²) in [4.78, 5) is 7.13. The molecule has 2 heterocycles. The van der Waals surface area contributed by atoms with Crippen LogP contribution in [0, 0.1) is 12.8 Å². The molecular weight excluding hydrogens is 220 g/mol. The Kier molecular flexibility index (Phi) is 2.94. The highest BCUT2D eigenvalue weighted by Crippen LogP contribution is 2.29. The molecule has 1 aromatic carbocycles. The molecule has 0 bridgehead atoms. The molecule has 2 aromatic rings. The molecule has 94 valence electrons. The summed E-state index contributed by atoms with van der Waals surface area (Å²) in [6, 6.07) is 8.61. The van der Waals surface area contributed by atoms with Gasteiger partial charge in [0.05, 0.1) is 0 Å². The van der Waals surface area contributed by atoms with Crippen LogP contribution in [0.5, 0.6) is 0 Å². The number of nitrogens with zero attached hydrogens (tertiary/aromatic N) is 2. The zero-order valence-corrected chi connectivity index (χ0v) is 11.2. The SMILES string of the molecule is Cc1cnc(N2CCC(C)CC2)c2ccccc12. The predicted octanol–water partition coefficient (Wildman–Crippen LogP) is 3.78. The van der Waals surface area contributed by atoms with Crippen molar-refractivity contribution in [3.05, 3.63) is 36.0 Å². The molecule has 2 nitrogen and oxygen atoms in total. The molecule has 2 heteroatoms. The van der Waals surface area contributed by atoms with Crippen molar-refractivity contribution in [2.45, 2.75) is 26.7 Å². The Morgan fingerprint density at radius 2 is 1.78 bits per heavy atom. The van der Waals surface area contributed by atoms with Crippen molar-refractivity contribution in [1.29, 1.82) is 0 Å². The van der Waals surface area contributed by atoms with Gasteiger partial charge in [-0.05, 0) is 36.6 Å². The van der Waals surface area contributed by atoms with E-state index >= 15 is 0 Å². The summed E-state index contributed by atoms with van der Waals surface area (Å²) in [5.41, 5.74) is 1.26. The third-order valence-corrected chi connectivity index (χ3v) is 4.06. The maximum absolute atomic E-state index is 4.68. The average molecular weight is 240 g/mol. The number of hydrogen-bond acceptors (Lipinski definition) is 2. The number of aryl methyl sites for hydroxylation is 1. The number of pyridine rings is 1. The van der Waals surface area contributed by atoms with Gasteiger partial charge in [-0.3, -0.25) is 0 Å². The van der Waals surface area contributed by atoms with Gasteiger partial charge >= 0.3 is 0 Å². The molecule has 0 atom stereocenters. The third kappa shape index (κ3) is 1.96. The highest BCUT2D eigenvalue weighted by atomic mass is 15.2. The summed E-state index contributed by atoms with van der Waals surface area (Å²) in [6.07, 6.45) is 4.57. The topological polar surface area (TPSA) is 16.1 Å². The fourth-order valence-electron chi connectivity index (χ4n) is 2.79. The van der Waals surface area contributed by atoms with Crippen LogP contribution in [0.3, 0.4) is 0 Å². The predicted molar refractivity (Wildman–Crippen MR) is 77.1 cm³/mol. The van der Waals surface area contributed by atoms with Gasteiger partial charge in [-0.1, -0.05) is 31.2 Å². The Balaban J connectivity index is 2.04. The molecule has 1 saturated heterocycles. The van der Waals surface area contributed by atoms with Crippen molar-refractivity contribution >= 4 is 16.6 Å². The highest BCUT2D eigenvalue weighted by molar-refractivity contribution is 5.94. The second kappa shape index (κ2) is 4.60. The fraction of sp³-hybridized carbons (Fsp3) is 0.438. The minimum absolute atomic E-state index is 0.859. The van der Waals surface area contributed by atoms with E-state index in [1.54, 1.807) is 0 Å². The average Bonchev–Trinajstić information content (AvgIpc) is 2.41. The Morgan fingerprint density at radius 3 is 2.50 bits per heavy atom. The standard InChI is InChI=1S/C16H20N2/c1-12-7-9-18(10-8-12)16-15-6-4-3-5-14(15)13(2)11-17-16/h3-6,11-12H,7-10H2,1-2H3. The van der Waals surface area contributed by atoms with E-state index in [2.05, 4.69) is 48.0 Å². The van der Waals surface area contributed by atoms with Crippen LogP contribution >= 0.6 is 0 Å². The maximum Gasteiger partial charge on any atom is 0.136 e. The molecule has 1 aliphatic heterocycles. The highest BCUT2D eigenvalue weighted by Gasteiger charge is 2.18. The first-order valence-electron chi connectivity index (χ1n) is 6.85. The van der Waals surface area contributed by atoms with Crippen molar-refractivity contribution in [1.82, 2.24) is 4.98 Å². The summed E-state index contributed by atoms with van der Waals surface area (Å²) in [7, 11) is 0. The summed E-state index contributed by atoms with van der Waals surface area (Å²) < 4.78 is 0. The van der Waals surface area contributed by atoms with Crippen molar-refractivity contribution in [2.24, 2.45) is 5.92 Å². The molecule has 18 heavy (non-hydrogen) atoms. The van der Waals surface area contributed by atoms with Gasteiger partial charge in [-0.2, -0.15) is 0 Å². The van der Waals surface area contributed by atoms with Gasteiger partial charge in [0.2, 0.25) is 0 Å². The summed E-state index contributed by atoms with van der Waals surface area (Å²) in [6.45, 7) is 6.76. The lowest BCUT2D eigenvalue weighted by Crippen LogP contribution is -2.33. The first kappa shape index (κ1) is 11.5. The Labute approximate surface area is 109 Å². The van der Waals surface area contributed by atoms with Gasteiger partial charge in [0, 0.05) is 24.7 Å². The number of aromatic nitrogens is 1. The van der Waals surface area contributed by atoms with E-state index in [1.807, 2.05) is 6.20 Å². The number of rotatable bonds is 1. The Bertz CT molecular complexity index is 554. The van der Waals surface area contributed by atoms with Crippen LogP contribution in [0.1, 0.15) is 25.3 Å². The summed E-state index contributed by atoms with van der Waals surface area (Å²) >= 11 is 0. The van der Waals surface area contributed by atoms with Gasteiger partial charge in [0.1, 0.15) is 5.82 Å². The molecule has 0 spiro atoms. The lowest BCUT2D eigenvalue weighted by atomic mass is 9.98. The molecule has 1 aliphatic rings. The van der Waals surface area contributed by atoms with E-state index in [9.17, 15) is 0 Å². The molecule has 0 saturated carbocycles. The molecule has 3 rings (SSSR count). The molecule has 1 aromatic heterocycles. The Morgan fingerprint density at radius 1 is 1.11 bits per heavy atom. The molecular formula is C16H20N2. The van der Waals surface area contributed by atoms with E-state index in [-0.39, 0.29) is 0 Å². The molecule has 0 N–H and O–H groups in total. The van der Waals surface area contributed by atoms with Crippen molar-refractivity contribution in [3.8, 4) is 0 Å². The number of hydrogen-bond donors (Lipinski definition) is 0. The van der Waals surface area contributed by atoms with Gasteiger partial charge in [0.25, 0.3) is 0 Å². The van der Waals surface area contributed by atoms with Crippen LogP contribution in [0.15, 0.2) is 30.5 Å². The fourth-order valence-corrected chi connectivity index (χ4v) is 2.79. The molecule has 0 unspecified atom stereocenters. The minimum atomic E-state index is 0.859. The first-order valence-corrected chi connectivity index (χ1v) is 6.85. The van der Waals surface area contributed by atoms with Crippen LogP contribution in [0.25, 0.3) is 10.8 Å². The normalized spacial score (nSPS) is 17.3. The van der Waals surface area contributed by atoms with Crippen LogP contribution in [-0.2, 0) is 0 Å². The molecule has 0 aliphatic carbocycles. The van der Waals surface area contributed by atoms with E-state index in [0.29, 0.717) is 0 Å². The zero-order chi connectivity index (χ0) is 12.5. The van der Waals surface area contributed by atoms with Crippen LogP contribution < -0.4 is 4.90 Å². The van der Waals surface area contributed by atoms with Gasteiger partial charge in [-0.25, -0.2) is 4.98 Å². The summed E-state index contributed by atoms with van der Waals surface area (Å²) in [5, 5.41) is 2.63. The zero-order valence-electron chi connectivity index (χ0n) is 11.2. The number of anilines is 1. The van der Waals surface area contributed by atoms with Gasteiger partial charge < -0.3 is 4.90 Å². The smallest absolute Gasteiger partial charge is 0.136 e. The largest absolute Gasteiger partial charge is 0.356 e. The van der Waals surface area contributed by atoms with Gasteiger partial charge in [0.15, 0.2) is 0 Å². The van der Waals surface area contributed by atoms with E-state index in [1.165, 1.54) is 35.0 Å². The second-order valence-electron chi connectivity index (χ2n) is 5.48. The second-order valence-corrected chi connectivity index (χ2v) is 5.48. The molecule has 0 radical (unpaired) electrons. The number of piperidine rings is 1. The van der Waals surface area contributed by atoms with Gasteiger partial charge in [-0.15, -0.1) is 0 Å². The van der Waals surface area contributed by atoms with E-state index in [0.717, 1.165) is 19.0 Å². The van der Waals surface area contributed by atoms with E-state index in [4.69, 9.17) is 0 Å². The van der Waals surface area contributed by atoms with Crippen molar-refractivity contribution < 1.29 is 0 Å². The van der Waals surface area contributed by atoms with Crippen LogP contribution in [-0.4, -0.2) is 18.1 Å². The quantitative estimate of drug-likeness (QED) is 0.754. The number of benzene rings is 1. The lowest BCUT2D eigenvalue weighted by molar-refractivity contribution is 0.437. The lowest BCUT2D eigenvalue weighted by Gasteiger charge is -2.32. The van der Waals surface area contributed by atoms with E-state index < -0.39 is 0 Å². The monoisotopic (exact) mass is 240 g/mol. The minimum Gasteiger partial charge on any atom is -0.356 e. The van der Waals surface area contributed by atoms with Crippen LogP contribution in [0.2, 0.25) is 0 Å². The Hall–Kier alpha value is -1.57. The van der Waals surface area contributed by atoms with Crippen molar-refractivity contribution in [3.63, 3.8) is 0 Å². The maximum atomic E-state index is 4.68. The van der Waals surface area contributed by atoms with Crippen LogP contribution in [0.4, 0.5) is 5.82 Å². The summed E-state index contributed by atoms with van der Waals surface area (Å²) in [5.74, 6) is 2.03. The number of fused-ring (bicyclic) bond motifs is 1. The molecule has 1 fully saturated rings.